The molecule has 30 heavy (non-hydrogen) atoms. The lowest BCUT2D eigenvalue weighted by atomic mass is 10.2. The first-order chi connectivity index (χ1) is 14.3. The predicted molar refractivity (Wildman–Crippen MR) is 109 cm³/mol. The van der Waals surface area contributed by atoms with Crippen LogP contribution in [0.4, 0.5) is 5.69 Å². The first-order valence-electron chi connectivity index (χ1n) is 8.81. The Bertz CT molecular complexity index is 1080. The number of nitrogens with one attached hydrogen (secondary N) is 2. The van der Waals surface area contributed by atoms with Gasteiger partial charge in [0.25, 0.3) is 5.91 Å². The van der Waals surface area contributed by atoms with Crippen molar-refractivity contribution in [2.75, 3.05) is 25.7 Å². The summed E-state index contributed by atoms with van der Waals surface area (Å²) < 4.78 is 36.6. The molecule has 0 unspecified atom stereocenters. The molecule has 11 heteroatoms. The molecule has 0 radical (unpaired) electrons. The van der Waals surface area contributed by atoms with Gasteiger partial charge in [0.2, 0.25) is 22.7 Å². The molecule has 0 spiro atoms. The highest BCUT2D eigenvalue weighted by Gasteiger charge is 2.23. The van der Waals surface area contributed by atoms with Crippen molar-refractivity contribution in [3.05, 3.63) is 48.0 Å². The van der Waals surface area contributed by atoms with E-state index in [1.165, 1.54) is 44.5 Å². The Morgan fingerprint density at radius 2 is 1.83 bits per heavy atom. The zero-order valence-corrected chi connectivity index (χ0v) is 17.1. The number of hydrazone groups is 1. The fourth-order valence-corrected chi connectivity index (χ4v) is 3.72. The lowest BCUT2D eigenvalue weighted by Gasteiger charge is -2.16. The number of hydrogen-bond donors (Lipinski definition) is 2. The van der Waals surface area contributed by atoms with E-state index in [1.807, 2.05) is 0 Å². The Balaban J connectivity index is 1.57. The number of amides is 2. The molecule has 0 saturated carbocycles. The second-order valence-corrected chi connectivity index (χ2v) is 8.42. The molecule has 1 heterocycles. The number of fused-ring (bicyclic) bond motifs is 1. The number of anilines is 1. The van der Waals surface area contributed by atoms with Crippen LogP contribution in [0.2, 0.25) is 0 Å². The first-order valence-corrected chi connectivity index (χ1v) is 10.3. The summed E-state index contributed by atoms with van der Waals surface area (Å²) in [7, 11) is -2.60. The second kappa shape index (κ2) is 8.93. The van der Waals surface area contributed by atoms with Gasteiger partial charge in [0.1, 0.15) is 0 Å². The van der Waals surface area contributed by atoms with Gasteiger partial charge in [-0.15, -0.1) is 0 Å². The molecule has 0 saturated heterocycles. The third-order valence-corrected chi connectivity index (χ3v) is 5.87. The molecule has 0 bridgehead atoms. The van der Waals surface area contributed by atoms with Gasteiger partial charge in [-0.3, -0.25) is 9.59 Å². The molecule has 2 amide bonds. The highest BCUT2D eigenvalue weighted by molar-refractivity contribution is 7.89. The maximum Gasteiger partial charge on any atom is 0.255 e. The largest absolute Gasteiger partial charge is 0.454 e. The van der Waals surface area contributed by atoms with Gasteiger partial charge < -0.3 is 14.8 Å². The average molecular weight is 432 g/mol. The van der Waals surface area contributed by atoms with E-state index in [0.717, 1.165) is 4.31 Å². The van der Waals surface area contributed by atoms with E-state index in [-0.39, 0.29) is 17.6 Å². The summed E-state index contributed by atoms with van der Waals surface area (Å²) in [4.78, 5) is 23.1. The molecule has 1 aliphatic heterocycles. The third-order valence-electron chi connectivity index (χ3n) is 4.05. The number of carbonyl (C=O) groups is 2. The summed E-state index contributed by atoms with van der Waals surface area (Å²) in [5.74, 6) is 0.349. The lowest BCUT2D eigenvalue weighted by molar-refractivity contribution is -0.121. The van der Waals surface area contributed by atoms with Crippen molar-refractivity contribution in [2.45, 2.75) is 11.8 Å². The summed E-state index contributed by atoms with van der Waals surface area (Å²) in [5, 5.41) is 6.38. The SMILES string of the molecule is CC(=O)Nc1ccc(S(=O)(=O)N(C)CC(=O)NN=Cc2ccc3c(c2)OCO3)cc1. The van der Waals surface area contributed by atoms with Gasteiger partial charge in [0.15, 0.2) is 11.5 Å². The van der Waals surface area contributed by atoms with Crippen molar-refractivity contribution in [3.8, 4) is 11.5 Å². The Kier molecular flexibility index (Phi) is 6.33. The summed E-state index contributed by atoms with van der Waals surface area (Å²) in [6, 6.07) is 10.8. The summed E-state index contributed by atoms with van der Waals surface area (Å²) in [5.41, 5.74) is 3.44. The van der Waals surface area contributed by atoms with Crippen molar-refractivity contribution in [1.29, 1.82) is 0 Å². The van der Waals surface area contributed by atoms with Crippen LogP contribution in [0, 0.1) is 0 Å². The maximum absolute atomic E-state index is 12.6. The van der Waals surface area contributed by atoms with E-state index < -0.39 is 22.5 Å². The van der Waals surface area contributed by atoms with Crippen molar-refractivity contribution in [2.24, 2.45) is 5.10 Å². The predicted octanol–water partition coefficient (Wildman–Crippen LogP) is 1.14. The monoisotopic (exact) mass is 432 g/mol. The van der Waals surface area contributed by atoms with Crippen LogP contribution in [0.5, 0.6) is 11.5 Å². The zero-order chi connectivity index (χ0) is 21.7. The fraction of sp³-hybridized carbons (Fsp3) is 0.211. The Morgan fingerprint density at radius 1 is 1.13 bits per heavy atom. The Hall–Kier alpha value is -3.44. The Labute approximate surface area is 173 Å². The molecule has 10 nitrogen and oxygen atoms in total. The van der Waals surface area contributed by atoms with Gasteiger partial charge in [-0.2, -0.15) is 9.41 Å². The summed E-state index contributed by atoms with van der Waals surface area (Å²) in [6.45, 7) is 1.09. The van der Waals surface area contributed by atoms with E-state index in [1.54, 1.807) is 18.2 Å². The minimum Gasteiger partial charge on any atom is -0.454 e. The van der Waals surface area contributed by atoms with Crippen LogP contribution < -0.4 is 20.2 Å². The molecule has 3 rings (SSSR count). The van der Waals surface area contributed by atoms with Gasteiger partial charge in [-0.05, 0) is 48.0 Å². The maximum atomic E-state index is 12.6. The van der Waals surface area contributed by atoms with Gasteiger partial charge in [-0.1, -0.05) is 0 Å². The highest BCUT2D eigenvalue weighted by Crippen LogP contribution is 2.31. The molecule has 1 aliphatic rings. The number of ether oxygens (including phenoxy) is 2. The van der Waals surface area contributed by atoms with Crippen LogP contribution in [0.15, 0.2) is 52.5 Å². The van der Waals surface area contributed by atoms with Crippen LogP contribution in [0.1, 0.15) is 12.5 Å². The van der Waals surface area contributed by atoms with Crippen LogP contribution in [0.3, 0.4) is 0 Å². The number of likely N-dealkylation sites (N-methyl/N-ethyl adjacent to an activating group) is 1. The number of carbonyl (C=O) groups excluding carboxylic acids is 2. The van der Waals surface area contributed by atoms with Crippen molar-refractivity contribution in [3.63, 3.8) is 0 Å². The third kappa shape index (κ3) is 5.13. The van der Waals surface area contributed by atoms with Gasteiger partial charge in [0, 0.05) is 19.7 Å². The topological polar surface area (TPSA) is 126 Å². The summed E-state index contributed by atoms with van der Waals surface area (Å²) >= 11 is 0. The van der Waals surface area contributed by atoms with Crippen molar-refractivity contribution in [1.82, 2.24) is 9.73 Å². The molecule has 0 aliphatic carbocycles. The second-order valence-electron chi connectivity index (χ2n) is 6.37. The number of nitrogens with zero attached hydrogens (tertiary/aromatic N) is 2. The molecule has 2 N–H and O–H groups in total. The fourth-order valence-electron chi connectivity index (χ4n) is 2.59. The molecule has 0 atom stereocenters. The van der Waals surface area contributed by atoms with Crippen molar-refractivity contribution >= 4 is 33.7 Å². The highest BCUT2D eigenvalue weighted by atomic mass is 32.2. The molecular weight excluding hydrogens is 412 g/mol. The molecule has 0 fully saturated rings. The average Bonchev–Trinajstić information content (AvgIpc) is 3.15. The van der Waals surface area contributed by atoms with Gasteiger partial charge in [0.05, 0.1) is 17.7 Å². The van der Waals surface area contributed by atoms with Crippen LogP contribution >= 0.6 is 0 Å². The number of rotatable bonds is 7. The molecule has 0 aromatic heterocycles. The Morgan fingerprint density at radius 3 is 2.53 bits per heavy atom. The van der Waals surface area contributed by atoms with E-state index in [0.29, 0.717) is 22.7 Å². The van der Waals surface area contributed by atoms with E-state index >= 15 is 0 Å². The van der Waals surface area contributed by atoms with Crippen LogP contribution in [-0.4, -0.2) is 51.1 Å². The number of sulfonamides is 1. The smallest absolute Gasteiger partial charge is 0.255 e. The van der Waals surface area contributed by atoms with Crippen LogP contribution in [0.25, 0.3) is 0 Å². The van der Waals surface area contributed by atoms with Gasteiger partial charge in [-0.25, -0.2) is 13.8 Å². The van der Waals surface area contributed by atoms with Gasteiger partial charge >= 0.3 is 0 Å². The number of benzene rings is 2. The molecule has 158 valence electrons. The molecular formula is C19H20N4O6S. The van der Waals surface area contributed by atoms with Crippen LogP contribution in [-0.2, 0) is 19.6 Å². The lowest BCUT2D eigenvalue weighted by Crippen LogP contribution is -2.36. The minimum atomic E-state index is -3.89. The quantitative estimate of drug-likeness (QED) is 0.499. The first kappa shape index (κ1) is 21.3. The van der Waals surface area contributed by atoms with Crippen molar-refractivity contribution < 1.29 is 27.5 Å². The van der Waals surface area contributed by atoms with E-state index in [2.05, 4.69) is 15.8 Å². The van der Waals surface area contributed by atoms with E-state index in [4.69, 9.17) is 9.47 Å². The minimum absolute atomic E-state index is 0.00392. The van der Waals surface area contributed by atoms with E-state index in [9.17, 15) is 18.0 Å². The number of hydrogen-bond acceptors (Lipinski definition) is 7. The normalized spacial score (nSPS) is 12.9. The standard InChI is InChI=1S/C19H20N4O6S/c1-13(24)21-15-4-6-16(7-5-15)30(26,27)23(2)11-19(25)22-20-10-14-3-8-17-18(9-14)29-12-28-17/h3-10H,11-12H2,1-2H3,(H,21,24)(H,22,25). The zero-order valence-electron chi connectivity index (χ0n) is 16.3. The summed E-state index contributed by atoms with van der Waals surface area (Å²) in [6.07, 6.45) is 1.41. The molecule has 2 aromatic carbocycles. The molecule has 2 aromatic rings.